The molecule has 0 heterocycles. The third-order valence-electron chi connectivity index (χ3n) is 15.5. The van der Waals surface area contributed by atoms with Crippen LogP contribution in [0.2, 0.25) is 0 Å². The van der Waals surface area contributed by atoms with Crippen molar-refractivity contribution in [3.8, 4) is 55.6 Å². The second-order valence-corrected chi connectivity index (χ2v) is 19.5. The van der Waals surface area contributed by atoms with Crippen molar-refractivity contribution in [3.05, 3.63) is 320 Å². The van der Waals surface area contributed by atoms with Gasteiger partial charge < -0.3 is 4.90 Å². The van der Waals surface area contributed by atoms with Crippen LogP contribution in [-0.2, 0) is 5.41 Å². The highest BCUT2D eigenvalue weighted by Crippen LogP contribution is 2.61. The minimum absolute atomic E-state index is 0.579. The van der Waals surface area contributed by atoms with Crippen molar-refractivity contribution in [3.63, 3.8) is 0 Å². The summed E-state index contributed by atoms with van der Waals surface area (Å²) in [5.74, 6) is 0. The molecular formula is C73H49N. The lowest BCUT2D eigenvalue weighted by Crippen LogP contribution is -2.28. The van der Waals surface area contributed by atoms with Crippen LogP contribution >= 0.6 is 0 Å². The van der Waals surface area contributed by atoms with Crippen molar-refractivity contribution in [1.82, 2.24) is 0 Å². The molecule has 0 bridgehead atoms. The van der Waals surface area contributed by atoms with Gasteiger partial charge in [0, 0.05) is 22.2 Å². The second-order valence-electron chi connectivity index (χ2n) is 19.5. The molecule has 0 fully saturated rings. The quantitative estimate of drug-likeness (QED) is 0.130. The minimum Gasteiger partial charge on any atom is -0.309 e. The topological polar surface area (TPSA) is 3.24 Å². The highest BCUT2D eigenvalue weighted by Gasteiger charge is 2.47. The molecule has 1 aliphatic carbocycles. The van der Waals surface area contributed by atoms with Crippen LogP contribution in [0.3, 0.4) is 0 Å². The number of benzene rings is 13. The van der Waals surface area contributed by atoms with E-state index in [-0.39, 0.29) is 0 Å². The Morgan fingerprint density at radius 1 is 0.257 bits per heavy atom. The van der Waals surface area contributed by atoms with Gasteiger partial charge in [0.1, 0.15) is 0 Å². The highest BCUT2D eigenvalue weighted by atomic mass is 15.2. The molecule has 0 saturated heterocycles. The Labute approximate surface area is 432 Å². The van der Waals surface area contributed by atoms with Crippen molar-refractivity contribution in [2.75, 3.05) is 4.90 Å². The van der Waals surface area contributed by atoms with Gasteiger partial charge in [-0.05, 0) is 130 Å². The van der Waals surface area contributed by atoms with Crippen LogP contribution in [0.5, 0.6) is 0 Å². The third kappa shape index (κ3) is 6.93. The van der Waals surface area contributed by atoms with Crippen LogP contribution in [0.25, 0.3) is 88.0 Å². The smallest absolute Gasteiger partial charge is 0.0714 e. The molecule has 13 aromatic carbocycles. The van der Waals surface area contributed by atoms with Crippen LogP contribution in [0.1, 0.15) is 22.3 Å². The third-order valence-corrected chi connectivity index (χ3v) is 15.5. The zero-order valence-corrected chi connectivity index (χ0v) is 40.7. The maximum atomic E-state index is 2.60. The lowest BCUT2D eigenvalue weighted by atomic mass is 9.68. The summed E-state index contributed by atoms with van der Waals surface area (Å²) in [6, 6.07) is 110. The molecule has 1 heteroatoms. The highest BCUT2D eigenvalue weighted by molar-refractivity contribution is 6.24. The number of hydrogen-bond donors (Lipinski definition) is 0. The van der Waals surface area contributed by atoms with Crippen LogP contribution < -0.4 is 4.90 Å². The first-order valence-electron chi connectivity index (χ1n) is 25.7. The van der Waals surface area contributed by atoms with E-state index in [0.29, 0.717) is 0 Å². The molecular weight excluding hydrogens is 891 g/mol. The number of nitrogens with zero attached hydrogens (tertiary/aromatic N) is 1. The maximum Gasteiger partial charge on any atom is 0.0714 e. The Hall–Kier alpha value is -9.56. The fourth-order valence-corrected chi connectivity index (χ4v) is 12.3. The number of rotatable bonds is 9. The molecule has 14 rings (SSSR count). The molecule has 0 aromatic heterocycles. The zero-order valence-electron chi connectivity index (χ0n) is 40.7. The van der Waals surface area contributed by atoms with Crippen molar-refractivity contribution in [1.29, 1.82) is 0 Å². The van der Waals surface area contributed by atoms with Gasteiger partial charge in [-0.15, -0.1) is 0 Å². The second kappa shape index (κ2) is 17.9. The Morgan fingerprint density at radius 3 is 1.31 bits per heavy atom. The minimum atomic E-state index is -0.579. The maximum absolute atomic E-state index is 2.60. The van der Waals surface area contributed by atoms with Gasteiger partial charge in [0.05, 0.1) is 16.8 Å². The van der Waals surface area contributed by atoms with Crippen molar-refractivity contribution < 1.29 is 0 Å². The van der Waals surface area contributed by atoms with Gasteiger partial charge in [-0.3, -0.25) is 0 Å². The predicted octanol–water partition coefficient (Wildman–Crippen LogP) is 19.6. The molecule has 1 aliphatic rings. The van der Waals surface area contributed by atoms with Crippen molar-refractivity contribution >= 4 is 49.4 Å². The van der Waals surface area contributed by atoms with Gasteiger partial charge in [-0.25, -0.2) is 0 Å². The monoisotopic (exact) mass is 939 g/mol. The van der Waals surface area contributed by atoms with E-state index >= 15 is 0 Å². The molecule has 0 spiro atoms. The molecule has 0 unspecified atom stereocenters. The predicted molar refractivity (Wildman–Crippen MR) is 313 cm³/mol. The van der Waals surface area contributed by atoms with Crippen LogP contribution in [0, 0.1) is 0 Å². The summed E-state index contributed by atoms with van der Waals surface area (Å²) in [5.41, 5.74) is 19.7. The average Bonchev–Trinajstić information content (AvgIpc) is 3.81. The lowest BCUT2D eigenvalue weighted by Gasteiger charge is -2.35. The van der Waals surface area contributed by atoms with Gasteiger partial charge in [-0.1, -0.05) is 261 Å². The standard InChI is InChI=1S/C73H49N/c1-5-23-50(24-6-1)54-47-55(51-25-7-2-8-26-51)49-56(48-54)52-43-45-59(46-44-52)74(72-65-37-18-16-35-62(65)61-34-15-17-36-64(61)70(72)63-39-21-28-53-27-13-14-33-60(53)63)69-42-22-41-68-71(69)66-38-19-20-40-67(66)73(68,57-29-9-3-10-30-57)58-31-11-4-12-32-58/h1-49H. The van der Waals surface area contributed by atoms with Gasteiger partial charge in [-0.2, -0.15) is 0 Å². The van der Waals surface area contributed by atoms with Crippen LogP contribution in [0.15, 0.2) is 297 Å². The van der Waals surface area contributed by atoms with Crippen molar-refractivity contribution in [2.45, 2.75) is 5.41 Å². The van der Waals surface area contributed by atoms with E-state index < -0.39 is 5.41 Å². The molecule has 0 amide bonds. The van der Waals surface area contributed by atoms with Gasteiger partial charge >= 0.3 is 0 Å². The van der Waals surface area contributed by atoms with E-state index in [9.17, 15) is 0 Å². The number of anilines is 3. The summed E-state index contributed by atoms with van der Waals surface area (Å²) in [5, 5.41) is 7.26. The Bertz CT molecular complexity index is 4120. The van der Waals surface area contributed by atoms with E-state index in [1.54, 1.807) is 0 Å². The van der Waals surface area contributed by atoms with E-state index in [1.807, 2.05) is 0 Å². The van der Waals surface area contributed by atoms with Gasteiger partial charge in [0.15, 0.2) is 0 Å². The fourth-order valence-electron chi connectivity index (χ4n) is 12.3. The first kappa shape index (κ1) is 43.2. The van der Waals surface area contributed by atoms with Crippen LogP contribution in [-0.4, -0.2) is 0 Å². The zero-order chi connectivity index (χ0) is 49.0. The molecule has 346 valence electrons. The van der Waals surface area contributed by atoms with Crippen molar-refractivity contribution in [2.24, 2.45) is 0 Å². The van der Waals surface area contributed by atoms with Gasteiger partial charge in [0.25, 0.3) is 0 Å². The number of fused-ring (bicyclic) bond motifs is 7. The Kier molecular flexibility index (Phi) is 10.5. The molecule has 0 aliphatic heterocycles. The molecule has 13 aromatic rings. The first-order chi connectivity index (χ1) is 36.7. The largest absolute Gasteiger partial charge is 0.309 e. The average molecular weight is 940 g/mol. The molecule has 0 atom stereocenters. The fraction of sp³-hybridized carbons (Fsp3) is 0.0137. The molecule has 1 nitrogen and oxygen atoms in total. The summed E-state index contributed by atoms with van der Waals surface area (Å²) in [7, 11) is 0. The Balaban J connectivity index is 1.09. The van der Waals surface area contributed by atoms with Gasteiger partial charge in [0.2, 0.25) is 0 Å². The summed E-state index contributed by atoms with van der Waals surface area (Å²) >= 11 is 0. The number of hydrogen-bond acceptors (Lipinski definition) is 1. The molecule has 0 N–H and O–H groups in total. The summed E-state index contributed by atoms with van der Waals surface area (Å²) in [6.07, 6.45) is 0. The lowest BCUT2D eigenvalue weighted by molar-refractivity contribution is 0.768. The van der Waals surface area contributed by atoms with E-state index in [1.165, 1.54) is 105 Å². The van der Waals surface area contributed by atoms with E-state index in [2.05, 4.69) is 302 Å². The first-order valence-corrected chi connectivity index (χ1v) is 25.7. The molecule has 0 saturated carbocycles. The van der Waals surface area contributed by atoms with E-state index in [0.717, 1.165) is 22.6 Å². The van der Waals surface area contributed by atoms with Crippen LogP contribution in [0.4, 0.5) is 17.1 Å². The summed E-state index contributed by atoms with van der Waals surface area (Å²) in [4.78, 5) is 2.60. The Morgan fingerprint density at radius 2 is 0.689 bits per heavy atom. The molecule has 0 radical (unpaired) electrons. The summed E-state index contributed by atoms with van der Waals surface area (Å²) in [6.45, 7) is 0. The van der Waals surface area contributed by atoms with E-state index in [4.69, 9.17) is 0 Å². The normalized spacial score (nSPS) is 12.4. The molecule has 74 heavy (non-hydrogen) atoms. The SMILES string of the molecule is c1ccc(-c2cc(-c3ccccc3)cc(-c3ccc(N(c4cccc5c4-c4ccccc4C5(c4ccccc4)c4ccccc4)c4c(-c5cccc6ccccc56)c5ccccc5c5ccccc45)cc3)c2)cc1. The summed E-state index contributed by atoms with van der Waals surface area (Å²) < 4.78 is 0.